The molecule has 3 rings (SSSR count). The maximum absolute atomic E-state index is 12.1. The van der Waals surface area contributed by atoms with Crippen molar-refractivity contribution in [2.45, 2.75) is 37.2 Å². The van der Waals surface area contributed by atoms with Crippen molar-refractivity contribution >= 4 is 27.6 Å². The first kappa shape index (κ1) is 20.8. The number of carbonyl (C=O) groups excluding carboxylic acids is 2. The zero-order valence-electron chi connectivity index (χ0n) is 16.1. The van der Waals surface area contributed by atoms with E-state index in [2.05, 4.69) is 20.7 Å². The molecule has 3 amide bonds. The van der Waals surface area contributed by atoms with Crippen LogP contribution in [-0.2, 0) is 21.4 Å². The average Bonchev–Trinajstić information content (AvgIpc) is 3.48. The Balaban J connectivity index is 1.41. The number of hydrogen-bond donors (Lipinski definition) is 4. The second-order valence-electron chi connectivity index (χ2n) is 6.99. The summed E-state index contributed by atoms with van der Waals surface area (Å²) >= 11 is 0. The molecule has 154 valence electrons. The molecule has 0 aliphatic heterocycles. The summed E-state index contributed by atoms with van der Waals surface area (Å²) in [6, 6.07) is 13.2. The SMILES string of the molecule is Cc1cccc(NC(=O)NCC(=O)NCc2ccc(S(=O)(=O)NC3CC3)cc2)c1. The van der Waals surface area contributed by atoms with Crippen molar-refractivity contribution in [3.63, 3.8) is 0 Å². The second-order valence-corrected chi connectivity index (χ2v) is 8.71. The van der Waals surface area contributed by atoms with E-state index in [1.54, 1.807) is 18.2 Å². The van der Waals surface area contributed by atoms with E-state index in [9.17, 15) is 18.0 Å². The lowest BCUT2D eigenvalue weighted by molar-refractivity contribution is -0.120. The first-order valence-corrected chi connectivity index (χ1v) is 10.8. The molecule has 0 radical (unpaired) electrons. The molecule has 29 heavy (non-hydrogen) atoms. The summed E-state index contributed by atoms with van der Waals surface area (Å²) in [5.41, 5.74) is 2.42. The van der Waals surface area contributed by atoms with E-state index in [0.717, 1.165) is 24.0 Å². The molecule has 2 aromatic carbocycles. The van der Waals surface area contributed by atoms with Crippen molar-refractivity contribution in [3.05, 3.63) is 59.7 Å². The lowest BCUT2D eigenvalue weighted by atomic mass is 10.2. The molecule has 1 aliphatic carbocycles. The first-order chi connectivity index (χ1) is 13.8. The van der Waals surface area contributed by atoms with Gasteiger partial charge in [-0.15, -0.1) is 0 Å². The maximum atomic E-state index is 12.1. The van der Waals surface area contributed by atoms with Gasteiger partial charge in [-0.1, -0.05) is 24.3 Å². The van der Waals surface area contributed by atoms with Crippen LogP contribution in [0.1, 0.15) is 24.0 Å². The predicted molar refractivity (Wildman–Crippen MR) is 110 cm³/mol. The normalized spacial score (nSPS) is 13.6. The number of urea groups is 1. The molecule has 2 aromatic rings. The van der Waals surface area contributed by atoms with Gasteiger partial charge in [0.1, 0.15) is 0 Å². The number of nitrogens with one attached hydrogen (secondary N) is 4. The van der Waals surface area contributed by atoms with Crippen LogP contribution < -0.4 is 20.7 Å². The Morgan fingerprint density at radius 2 is 1.76 bits per heavy atom. The van der Waals surface area contributed by atoms with Crippen LogP contribution >= 0.6 is 0 Å². The average molecular weight is 417 g/mol. The van der Waals surface area contributed by atoms with Crippen LogP contribution in [0.3, 0.4) is 0 Å². The van der Waals surface area contributed by atoms with E-state index in [4.69, 9.17) is 0 Å². The van der Waals surface area contributed by atoms with Crippen LogP contribution in [0.25, 0.3) is 0 Å². The van der Waals surface area contributed by atoms with Crippen LogP contribution in [0, 0.1) is 6.92 Å². The highest BCUT2D eigenvalue weighted by molar-refractivity contribution is 7.89. The summed E-state index contributed by atoms with van der Waals surface area (Å²) in [7, 11) is -3.48. The Morgan fingerprint density at radius 3 is 2.41 bits per heavy atom. The Kier molecular flexibility index (Phi) is 6.50. The minimum Gasteiger partial charge on any atom is -0.350 e. The van der Waals surface area contributed by atoms with Gasteiger partial charge in [0.2, 0.25) is 15.9 Å². The van der Waals surface area contributed by atoms with Crippen LogP contribution in [0.2, 0.25) is 0 Å². The quantitative estimate of drug-likeness (QED) is 0.526. The van der Waals surface area contributed by atoms with Crippen LogP contribution in [-0.4, -0.2) is 32.9 Å². The van der Waals surface area contributed by atoms with Crippen LogP contribution in [0.5, 0.6) is 0 Å². The Bertz CT molecular complexity index is 986. The molecule has 0 unspecified atom stereocenters. The smallest absolute Gasteiger partial charge is 0.319 e. The van der Waals surface area contributed by atoms with E-state index < -0.39 is 16.1 Å². The summed E-state index contributed by atoms with van der Waals surface area (Å²) in [5, 5.41) is 7.83. The molecule has 1 fully saturated rings. The summed E-state index contributed by atoms with van der Waals surface area (Å²) in [6.07, 6.45) is 1.75. The van der Waals surface area contributed by atoms with Crippen molar-refractivity contribution in [1.82, 2.24) is 15.4 Å². The zero-order chi connectivity index (χ0) is 20.9. The summed E-state index contributed by atoms with van der Waals surface area (Å²) in [6.45, 7) is 1.98. The van der Waals surface area contributed by atoms with Gasteiger partial charge in [0.15, 0.2) is 0 Å². The molecule has 0 spiro atoms. The van der Waals surface area contributed by atoms with Gasteiger partial charge in [-0.05, 0) is 55.2 Å². The maximum Gasteiger partial charge on any atom is 0.319 e. The van der Waals surface area contributed by atoms with Crippen molar-refractivity contribution in [1.29, 1.82) is 0 Å². The van der Waals surface area contributed by atoms with E-state index in [1.165, 1.54) is 12.1 Å². The molecular weight excluding hydrogens is 392 g/mol. The number of anilines is 1. The van der Waals surface area contributed by atoms with Crippen molar-refractivity contribution in [2.24, 2.45) is 0 Å². The Morgan fingerprint density at radius 1 is 1.03 bits per heavy atom. The van der Waals surface area contributed by atoms with E-state index in [1.807, 2.05) is 25.1 Å². The highest BCUT2D eigenvalue weighted by Crippen LogP contribution is 2.22. The molecule has 0 aromatic heterocycles. The second kappa shape index (κ2) is 9.06. The van der Waals surface area contributed by atoms with Gasteiger partial charge in [-0.2, -0.15) is 0 Å². The number of sulfonamides is 1. The van der Waals surface area contributed by atoms with Gasteiger partial charge in [0.25, 0.3) is 0 Å². The fraction of sp³-hybridized carbons (Fsp3) is 0.300. The number of rotatable bonds is 8. The third-order valence-corrected chi connectivity index (χ3v) is 5.84. The number of carbonyl (C=O) groups is 2. The molecule has 1 aliphatic rings. The highest BCUT2D eigenvalue weighted by Gasteiger charge is 2.27. The highest BCUT2D eigenvalue weighted by atomic mass is 32.2. The molecular formula is C20H24N4O4S. The minimum atomic E-state index is -3.48. The molecule has 4 N–H and O–H groups in total. The number of hydrogen-bond acceptors (Lipinski definition) is 4. The van der Waals surface area contributed by atoms with E-state index in [0.29, 0.717) is 5.69 Å². The first-order valence-electron chi connectivity index (χ1n) is 9.31. The number of benzene rings is 2. The Hall–Kier alpha value is -2.91. The minimum absolute atomic E-state index is 0.0505. The molecule has 9 heteroatoms. The van der Waals surface area contributed by atoms with Crippen molar-refractivity contribution in [2.75, 3.05) is 11.9 Å². The van der Waals surface area contributed by atoms with E-state index >= 15 is 0 Å². The van der Waals surface area contributed by atoms with Gasteiger partial charge in [0, 0.05) is 18.3 Å². The zero-order valence-corrected chi connectivity index (χ0v) is 16.9. The molecule has 1 saturated carbocycles. The summed E-state index contributed by atoms with van der Waals surface area (Å²) in [5.74, 6) is -0.350. The van der Waals surface area contributed by atoms with Gasteiger partial charge in [-0.25, -0.2) is 17.9 Å². The summed E-state index contributed by atoms with van der Waals surface area (Å²) in [4.78, 5) is 24.0. The molecule has 0 bridgehead atoms. The van der Waals surface area contributed by atoms with Crippen molar-refractivity contribution in [3.8, 4) is 0 Å². The third-order valence-electron chi connectivity index (χ3n) is 4.31. The summed E-state index contributed by atoms with van der Waals surface area (Å²) < 4.78 is 26.9. The fourth-order valence-electron chi connectivity index (χ4n) is 2.60. The largest absolute Gasteiger partial charge is 0.350 e. The lowest BCUT2D eigenvalue weighted by Gasteiger charge is -2.10. The van der Waals surface area contributed by atoms with Gasteiger partial charge in [0.05, 0.1) is 11.4 Å². The molecule has 0 heterocycles. The number of aryl methyl sites for hydroxylation is 1. The number of amides is 3. The van der Waals surface area contributed by atoms with Gasteiger partial charge in [-0.3, -0.25) is 4.79 Å². The van der Waals surface area contributed by atoms with Crippen LogP contribution in [0.4, 0.5) is 10.5 Å². The van der Waals surface area contributed by atoms with Crippen molar-refractivity contribution < 1.29 is 18.0 Å². The van der Waals surface area contributed by atoms with E-state index in [-0.39, 0.29) is 29.9 Å². The lowest BCUT2D eigenvalue weighted by Crippen LogP contribution is -2.38. The topological polar surface area (TPSA) is 116 Å². The van der Waals surface area contributed by atoms with Crippen LogP contribution in [0.15, 0.2) is 53.4 Å². The Labute approximate surface area is 170 Å². The standard InChI is InChI=1S/C20H24N4O4S/c1-14-3-2-4-17(11-14)23-20(26)22-13-19(25)21-12-15-5-9-18(10-6-15)29(27,28)24-16-7-8-16/h2-6,9-11,16,24H,7-8,12-13H2,1H3,(H,21,25)(H2,22,23,26). The van der Waals surface area contributed by atoms with Gasteiger partial charge < -0.3 is 16.0 Å². The molecule has 8 nitrogen and oxygen atoms in total. The fourth-order valence-corrected chi connectivity index (χ4v) is 3.90. The predicted octanol–water partition coefficient (Wildman–Crippen LogP) is 1.87. The van der Waals surface area contributed by atoms with Gasteiger partial charge >= 0.3 is 6.03 Å². The molecule has 0 saturated heterocycles. The molecule has 0 atom stereocenters. The third kappa shape index (κ3) is 6.58. The monoisotopic (exact) mass is 416 g/mol.